The van der Waals surface area contributed by atoms with Crippen molar-refractivity contribution in [2.24, 2.45) is 5.10 Å². The molecule has 9 nitrogen and oxygen atoms in total. The molecule has 0 bridgehead atoms. The first-order valence-corrected chi connectivity index (χ1v) is 12.8. The SMILES string of the molecule is COc1ccc(C(=O)Oc2ccc(/C=N\NC(=O)[C@H](C)Oc3ccc(OCc4ccccc4)cc3)cc2OC)cc1. The van der Waals surface area contributed by atoms with E-state index < -0.39 is 18.0 Å². The molecule has 0 radical (unpaired) electrons. The summed E-state index contributed by atoms with van der Waals surface area (Å²) >= 11 is 0. The zero-order valence-corrected chi connectivity index (χ0v) is 22.9. The number of hydrogen-bond acceptors (Lipinski definition) is 8. The number of carbonyl (C=O) groups is 2. The molecule has 4 aromatic rings. The average Bonchev–Trinajstić information content (AvgIpc) is 3.01. The molecular formula is C32H30N2O7. The van der Waals surface area contributed by atoms with Gasteiger partial charge < -0.3 is 23.7 Å². The Morgan fingerprint density at radius 2 is 1.49 bits per heavy atom. The predicted octanol–water partition coefficient (Wildman–Crippen LogP) is 5.42. The van der Waals surface area contributed by atoms with Crippen LogP contribution in [0.4, 0.5) is 0 Å². The highest BCUT2D eigenvalue weighted by Gasteiger charge is 2.15. The lowest BCUT2D eigenvalue weighted by Crippen LogP contribution is -2.33. The van der Waals surface area contributed by atoms with E-state index in [0.29, 0.717) is 40.7 Å². The zero-order chi connectivity index (χ0) is 29.0. The molecular weight excluding hydrogens is 524 g/mol. The third-order valence-electron chi connectivity index (χ3n) is 5.86. The molecule has 1 N–H and O–H groups in total. The van der Waals surface area contributed by atoms with Crippen LogP contribution < -0.4 is 29.1 Å². The number of methoxy groups -OCH3 is 2. The van der Waals surface area contributed by atoms with E-state index in [4.69, 9.17) is 23.7 Å². The van der Waals surface area contributed by atoms with Crippen molar-refractivity contribution in [1.29, 1.82) is 0 Å². The maximum absolute atomic E-state index is 12.5. The second kappa shape index (κ2) is 14.2. The number of rotatable bonds is 12. The number of ether oxygens (including phenoxy) is 5. The Balaban J connectivity index is 1.27. The van der Waals surface area contributed by atoms with E-state index in [1.807, 2.05) is 30.3 Å². The lowest BCUT2D eigenvalue weighted by molar-refractivity contribution is -0.127. The molecule has 0 fully saturated rings. The van der Waals surface area contributed by atoms with E-state index in [2.05, 4.69) is 10.5 Å². The van der Waals surface area contributed by atoms with Gasteiger partial charge in [0.05, 0.1) is 26.0 Å². The van der Waals surface area contributed by atoms with E-state index in [1.165, 1.54) is 13.3 Å². The number of hydrazone groups is 1. The Morgan fingerprint density at radius 1 is 0.805 bits per heavy atom. The quantitative estimate of drug-likeness (QED) is 0.108. The molecule has 4 rings (SSSR count). The van der Waals surface area contributed by atoms with Crippen molar-refractivity contribution in [2.75, 3.05) is 14.2 Å². The lowest BCUT2D eigenvalue weighted by Gasteiger charge is -2.13. The van der Waals surface area contributed by atoms with Gasteiger partial charge in [0.15, 0.2) is 17.6 Å². The molecule has 0 aliphatic rings. The summed E-state index contributed by atoms with van der Waals surface area (Å²) in [4.78, 5) is 25.0. The average molecular weight is 555 g/mol. The van der Waals surface area contributed by atoms with Crippen LogP contribution in [0.25, 0.3) is 0 Å². The molecule has 0 heterocycles. The summed E-state index contributed by atoms with van der Waals surface area (Å²) in [5.74, 6) is 1.46. The first-order chi connectivity index (χ1) is 19.9. The van der Waals surface area contributed by atoms with Gasteiger partial charge in [-0.15, -0.1) is 0 Å². The van der Waals surface area contributed by atoms with Gasteiger partial charge in [-0.05, 0) is 84.8 Å². The van der Waals surface area contributed by atoms with Crippen LogP contribution in [0, 0.1) is 0 Å². The summed E-state index contributed by atoms with van der Waals surface area (Å²) in [5.41, 5.74) is 4.51. The summed E-state index contributed by atoms with van der Waals surface area (Å²) in [6, 6.07) is 28.4. The summed E-state index contributed by atoms with van der Waals surface area (Å²) < 4.78 is 27.4. The smallest absolute Gasteiger partial charge is 0.343 e. The molecule has 0 unspecified atom stereocenters. The Morgan fingerprint density at radius 3 is 2.17 bits per heavy atom. The maximum Gasteiger partial charge on any atom is 0.343 e. The van der Waals surface area contributed by atoms with Gasteiger partial charge in [-0.25, -0.2) is 10.2 Å². The fraction of sp³-hybridized carbons (Fsp3) is 0.156. The minimum atomic E-state index is -0.794. The molecule has 0 aliphatic heterocycles. The molecule has 0 aromatic heterocycles. The lowest BCUT2D eigenvalue weighted by atomic mass is 10.2. The molecule has 0 aliphatic carbocycles. The predicted molar refractivity (Wildman–Crippen MR) is 154 cm³/mol. The van der Waals surface area contributed by atoms with Gasteiger partial charge in [0.2, 0.25) is 0 Å². The van der Waals surface area contributed by atoms with E-state index in [-0.39, 0.29) is 5.75 Å². The molecule has 41 heavy (non-hydrogen) atoms. The molecule has 9 heteroatoms. The Kier molecular flexibility index (Phi) is 9.92. The van der Waals surface area contributed by atoms with Crippen LogP contribution in [0.3, 0.4) is 0 Å². The molecule has 0 spiro atoms. The second-order valence-corrected chi connectivity index (χ2v) is 8.77. The van der Waals surface area contributed by atoms with Gasteiger partial charge in [0.1, 0.15) is 23.9 Å². The molecule has 1 atom stereocenters. The van der Waals surface area contributed by atoms with E-state index in [1.54, 1.807) is 80.8 Å². The fourth-order valence-corrected chi connectivity index (χ4v) is 3.61. The molecule has 0 saturated heterocycles. The first kappa shape index (κ1) is 28.7. The summed E-state index contributed by atoms with van der Waals surface area (Å²) in [7, 11) is 3.01. The van der Waals surface area contributed by atoms with Gasteiger partial charge in [0.25, 0.3) is 5.91 Å². The second-order valence-electron chi connectivity index (χ2n) is 8.77. The molecule has 1 amide bonds. The molecule has 210 valence electrons. The van der Waals surface area contributed by atoms with Gasteiger partial charge in [-0.3, -0.25) is 4.79 Å². The van der Waals surface area contributed by atoms with E-state index in [0.717, 1.165) is 5.56 Å². The minimum absolute atomic E-state index is 0.244. The van der Waals surface area contributed by atoms with Crippen LogP contribution >= 0.6 is 0 Å². The zero-order valence-electron chi connectivity index (χ0n) is 22.9. The summed E-state index contributed by atoms with van der Waals surface area (Å²) in [6.07, 6.45) is 0.652. The fourth-order valence-electron chi connectivity index (χ4n) is 3.61. The monoisotopic (exact) mass is 554 g/mol. The van der Waals surface area contributed by atoms with Crippen LogP contribution in [-0.4, -0.2) is 38.4 Å². The van der Waals surface area contributed by atoms with Crippen molar-refractivity contribution < 1.29 is 33.3 Å². The highest BCUT2D eigenvalue weighted by Crippen LogP contribution is 2.28. The normalized spacial score (nSPS) is 11.4. The van der Waals surface area contributed by atoms with Crippen LogP contribution in [0.5, 0.6) is 28.7 Å². The third-order valence-corrected chi connectivity index (χ3v) is 5.86. The molecule has 4 aromatic carbocycles. The topological polar surface area (TPSA) is 105 Å². The highest BCUT2D eigenvalue weighted by atomic mass is 16.6. The number of carbonyl (C=O) groups excluding carboxylic acids is 2. The van der Waals surface area contributed by atoms with Crippen molar-refractivity contribution in [3.8, 4) is 28.7 Å². The highest BCUT2D eigenvalue weighted by molar-refractivity contribution is 5.92. The largest absolute Gasteiger partial charge is 0.497 e. The van der Waals surface area contributed by atoms with E-state index in [9.17, 15) is 9.59 Å². The van der Waals surface area contributed by atoms with Crippen molar-refractivity contribution >= 4 is 18.1 Å². The van der Waals surface area contributed by atoms with Gasteiger partial charge >= 0.3 is 5.97 Å². The number of benzene rings is 4. The van der Waals surface area contributed by atoms with Crippen molar-refractivity contribution in [3.05, 3.63) is 114 Å². The van der Waals surface area contributed by atoms with Crippen LogP contribution in [0.1, 0.15) is 28.4 Å². The Labute approximate surface area is 238 Å². The summed E-state index contributed by atoms with van der Waals surface area (Å²) in [5, 5.41) is 4.00. The third kappa shape index (κ3) is 8.34. The van der Waals surface area contributed by atoms with Crippen molar-refractivity contribution in [2.45, 2.75) is 19.6 Å². The number of amides is 1. The standard InChI is InChI=1S/C32H30N2O7/c1-22(40-28-16-14-27(15-17-28)39-21-23-7-5-4-6-8-23)31(35)34-33-20-24-9-18-29(30(19-24)38-3)41-32(36)25-10-12-26(37-2)13-11-25/h4-20,22H,21H2,1-3H3,(H,34,35)/b33-20-/t22-/m0/s1. The Hall–Kier alpha value is -5.31. The van der Waals surface area contributed by atoms with Gasteiger partial charge in [0, 0.05) is 0 Å². The number of nitrogens with zero attached hydrogens (tertiary/aromatic N) is 1. The van der Waals surface area contributed by atoms with Gasteiger partial charge in [-0.1, -0.05) is 30.3 Å². The van der Waals surface area contributed by atoms with E-state index >= 15 is 0 Å². The van der Waals surface area contributed by atoms with Crippen molar-refractivity contribution in [1.82, 2.24) is 5.43 Å². The van der Waals surface area contributed by atoms with Crippen molar-refractivity contribution in [3.63, 3.8) is 0 Å². The minimum Gasteiger partial charge on any atom is -0.497 e. The number of hydrogen-bond donors (Lipinski definition) is 1. The van der Waals surface area contributed by atoms with Crippen LogP contribution in [0.2, 0.25) is 0 Å². The van der Waals surface area contributed by atoms with Crippen LogP contribution in [-0.2, 0) is 11.4 Å². The Bertz CT molecular complexity index is 1470. The maximum atomic E-state index is 12.5. The number of esters is 1. The molecule has 0 saturated carbocycles. The number of nitrogens with one attached hydrogen (secondary N) is 1. The van der Waals surface area contributed by atoms with Gasteiger partial charge in [-0.2, -0.15) is 5.10 Å². The van der Waals surface area contributed by atoms with Crippen LogP contribution in [0.15, 0.2) is 102 Å². The summed E-state index contributed by atoms with van der Waals surface area (Å²) in [6.45, 7) is 2.08. The first-order valence-electron chi connectivity index (χ1n) is 12.8.